The predicted octanol–water partition coefficient (Wildman–Crippen LogP) is 4.14. The monoisotopic (exact) mass is 482 g/mol. The molecule has 1 saturated carbocycles. The van der Waals surface area contributed by atoms with Crippen molar-refractivity contribution < 1.29 is 28.6 Å². The highest BCUT2D eigenvalue weighted by molar-refractivity contribution is 7.17. The number of ketones is 1. The molecular formula is C25H26N2O6S. The number of thiazole rings is 1. The van der Waals surface area contributed by atoms with Crippen molar-refractivity contribution in [3.8, 4) is 5.75 Å². The lowest BCUT2D eigenvalue weighted by Gasteiger charge is -2.35. The summed E-state index contributed by atoms with van der Waals surface area (Å²) in [7, 11) is 1.58. The summed E-state index contributed by atoms with van der Waals surface area (Å²) in [5, 5.41) is 0.333. The number of methoxy groups -OCH3 is 1. The summed E-state index contributed by atoms with van der Waals surface area (Å²) >= 11 is 1.09. The Kier molecular flexibility index (Phi) is 5.89. The first kappa shape index (κ1) is 22.6. The zero-order valence-corrected chi connectivity index (χ0v) is 20.1. The van der Waals surface area contributed by atoms with Crippen molar-refractivity contribution in [3.05, 3.63) is 51.7 Å². The van der Waals surface area contributed by atoms with Crippen LogP contribution < -0.4 is 9.64 Å². The lowest BCUT2D eigenvalue weighted by Crippen LogP contribution is -2.39. The number of aryl methyl sites for hydroxylation is 1. The number of hydrogen-bond donors (Lipinski definition) is 0. The highest BCUT2D eigenvalue weighted by Crippen LogP contribution is 2.49. The van der Waals surface area contributed by atoms with Gasteiger partial charge in [0.1, 0.15) is 16.7 Å². The van der Waals surface area contributed by atoms with E-state index in [-0.39, 0.29) is 30.2 Å². The summed E-state index contributed by atoms with van der Waals surface area (Å²) in [5.74, 6) is -0.373. The van der Waals surface area contributed by atoms with E-state index in [1.807, 2.05) is 12.1 Å². The van der Waals surface area contributed by atoms with Gasteiger partial charge in [-0.3, -0.25) is 14.5 Å². The number of amides is 1. The molecule has 0 bridgehead atoms. The Morgan fingerprint density at radius 1 is 1.21 bits per heavy atom. The molecule has 3 heterocycles. The standard InChI is InChI=1S/C25H26N2O6S/c1-4-32-24(30)22-13(2)26-25(34-22)27-19(14-9-11-15(31-3)12-10-14)18-20(28)16-7-5-6-8-17(16)33-21(18)23(27)29/h9-12,16-17,19H,4-8H2,1-3H3. The van der Waals surface area contributed by atoms with Gasteiger partial charge in [-0.15, -0.1) is 0 Å². The topological polar surface area (TPSA) is 95.0 Å². The van der Waals surface area contributed by atoms with Crippen molar-refractivity contribution in [3.63, 3.8) is 0 Å². The third-order valence-electron chi connectivity index (χ3n) is 6.65. The van der Waals surface area contributed by atoms with Crippen LogP contribution in [0.25, 0.3) is 0 Å². The third-order valence-corrected chi connectivity index (χ3v) is 7.78. The minimum Gasteiger partial charge on any atom is -0.497 e. The van der Waals surface area contributed by atoms with Crippen LogP contribution in [0.1, 0.15) is 59.6 Å². The average Bonchev–Trinajstić information content (AvgIpc) is 3.37. The Hall–Kier alpha value is -3.20. The molecule has 3 atom stereocenters. The Bertz CT molecular complexity index is 1180. The molecule has 2 aromatic rings. The van der Waals surface area contributed by atoms with Crippen LogP contribution in [0.4, 0.5) is 5.13 Å². The number of fused-ring (bicyclic) bond motifs is 1. The molecule has 1 aromatic carbocycles. The van der Waals surface area contributed by atoms with E-state index in [1.165, 1.54) is 4.90 Å². The fourth-order valence-electron chi connectivity index (χ4n) is 5.02. The second kappa shape index (κ2) is 8.87. The number of Topliss-reactive ketones (excluding diaryl/α,β-unsaturated/α-hetero) is 1. The summed E-state index contributed by atoms with van der Waals surface area (Å²) in [6.07, 6.45) is 3.20. The zero-order valence-electron chi connectivity index (χ0n) is 19.3. The van der Waals surface area contributed by atoms with Crippen molar-refractivity contribution in [2.24, 2.45) is 5.92 Å². The molecule has 34 heavy (non-hydrogen) atoms. The number of esters is 1. The van der Waals surface area contributed by atoms with E-state index >= 15 is 0 Å². The van der Waals surface area contributed by atoms with Crippen LogP contribution in [0.2, 0.25) is 0 Å². The molecule has 8 nitrogen and oxygen atoms in total. The second-order valence-corrected chi connectivity index (χ2v) is 9.61. The number of nitrogens with zero attached hydrogens (tertiary/aromatic N) is 2. The predicted molar refractivity (Wildman–Crippen MR) is 125 cm³/mol. The number of carbonyl (C=O) groups is 3. The zero-order chi connectivity index (χ0) is 24.0. The molecule has 1 amide bonds. The number of aromatic nitrogens is 1. The lowest BCUT2D eigenvalue weighted by atomic mass is 9.77. The first-order chi connectivity index (χ1) is 16.4. The Balaban J connectivity index is 1.61. The van der Waals surface area contributed by atoms with Crippen LogP contribution >= 0.6 is 11.3 Å². The fourth-order valence-corrected chi connectivity index (χ4v) is 6.00. The molecule has 3 aliphatic rings. The van der Waals surface area contributed by atoms with Crippen molar-refractivity contribution in [2.45, 2.75) is 51.7 Å². The molecule has 9 heteroatoms. The molecule has 1 aliphatic carbocycles. The van der Waals surface area contributed by atoms with E-state index in [1.54, 1.807) is 33.1 Å². The second-order valence-electron chi connectivity index (χ2n) is 8.64. The van der Waals surface area contributed by atoms with Crippen LogP contribution in [0, 0.1) is 12.8 Å². The van der Waals surface area contributed by atoms with Crippen LogP contribution in [0.5, 0.6) is 5.75 Å². The molecule has 1 fully saturated rings. The van der Waals surface area contributed by atoms with Crippen molar-refractivity contribution in [2.75, 3.05) is 18.6 Å². The molecule has 0 spiro atoms. The number of anilines is 1. The highest BCUT2D eigenvalue weighted by atomic mass is 32.1. The van der Waals surface area contributed by atoms with Crippen molar-refractivity contribution in [1.82, 2.24) is 4.98 Å². The molecule has 3 unspecified atom stereocenters. The summed E-state index contributed by atoms with van der Waals surface area (Å²) in [6.45, 7) is 3.68. The van der Waals surface area contributed by atoms with Gasteiger partial charge in [0.25, 0.3) is 5.91 Å². The largest absolute Gasteiger partial charge is 0.497 e. The maximum Gasteiger partial charge on any atom is 0.350 e. The number of benzene rings is 1. The normalized spacial score (nSPS) is 24.0. The number of rotatable bonds is 5. The lowest BCUT2D eigenvalue weighted by molar-refractivity contribution is -0.131. The SMILES string of the molecule is CCOC(=O)c1sc(N2C(=O)C3=C(C(=O)C4CCCCC4O3)C2c2ccc(OC)cc2)nc1C. The van der Waals surface area contributed by atoms with E-state index in [4.69, 9.17) is 14.2 Å². The molecular weight excluding hydrogens is 456 g/mol. The smallest absolute Gasteiger partial charge is 0.350 e. The van der Waals surface area contributed by atoms with E-state index < -0.39 is 17.9 Å². The van der Waals surface area contributed by atoms with Gasteiger partial charge in [-0.2, -0.15) is 0 Å². The van der Waals surface area contributed by atoms with E-state index in [0.29, 0.717) is 27.0 Å². The average molecular weight is 483 g/mol. The van der Waals surface area contributed by atoms with Crippen molar-refractivity contribution >= 4 is 34.1 Å². The molecule has 0 radical (unpaired) electrons. The molecule has 2 aliphatic heterocycles. The van der Waals surface area contributed by atoms with Gasteiger partial charge in [0.2, 0.25) is 0 Å². The maximum absolute atomic E-state index is 13.7. The van der Waals surface area contributed by atoms with Gasteiger partial charge in [-0.25, -0.2) is 9.78 Å². The van der Waals surface area contributed by atoms with Gasteiger partial charge in [0.15, 0.2) is 16.7 Å². The van der Waals surface area contributed by atoms with Gasteiger partial charge in [-0.1, -0.05) is 29.9 Å². The summed E-state index contributed by atoms with van der Waals surface area (Å²) in [4.78, 5) is 46.2. The molecule has 0 N–H and O–H groups in total. The molecule has 0 saturated heterocycles. The third kappa shape index (κ3) is 3.58. The summed E-state index contributed by atoms with van der Waals surface area (Å²) < 4.78 is 16.6. The number of hydrogen-bond acceptors (Lipinski definition) is 8. The first-order valence-corrected chi connectivity index (χ1v) is 12.3. The van der Waals surface area contributed by atoms with Crippen LogP contribution in [0.3, 0.4) is 0 Å². The Morgan fingerprint density at radius 3 is 2.65 bits per heavy atom. The Labute approximate surface area is 201 Å². The van der Waals surface area contributed by atoms with Gasteiger partial charge in [-0.05, 0) is 50.8 Å². The van der Waals surface area contributed by atoms with Gasteiger partial charge < -0.3 is 14.2 Å². The molecule has 1 aromatic heterocycles. The Morgan fingerprint density at radius 2 is 1.94 bits per heavy atom. The van der Waals surface area contributed by atoms with Crippen molar-refractivity contribution in [1.29, 1.82) is 0 Å². The van der Waals surface area contributed by atoms with Gasteiger partial charge in [0.05, 0.1) is 36.9 Å². The van der Waals surface area contributed by atoms with E-state index in [9.17, 15) is 14.4 Å². The highest BCUT2D eigenvalue weighted by Gasteiger charge is 2.53. The molecule has 5 rings (SSSR count). The molecule has 178 valence electrons. The minimum absolute atomic E-state index is 0.0264. The number of carbonyl (C=O) groups excluding carboxylic acids is 3. The van der Waals surface area contributed by atoms with E-state index in [0.717, 1.165) is 42.6 Å². The summed E-state index contributed by atoms with van der Waals surface area (Å²) in [6, 6.07) is 6.58. The van der Waals surface area contributed by atoms with Crippen LogP contribution in [-0.2, 0) is 19.1 Å². The summed E-state index contributed by atoms with van der Waals surface area (Å²) in [5.41, 5.74) is 1.60. The van der Waals surface area contributed by atoms with Gasteiger partial charge >= 0.3 is 5.97 Å². The quantitative estimate of drug-likeness (QED) is 0.591. The maximum atomic E-state index is 13.7. The van der Waals surface area contributed by atoms with E-state index in [2.05, 4.69) is 4.98 Å². The minimum atomic E-state index is -0.690. The number of ether oxygens (including phenoxy) is 3. The van der Waals surface area contributed by atoms with Crippen LogP contribution in [-0.4, -0.2) is 42.5 Å². The van der Waals surface area contributed by atoms with Crippen LogP contribution in [0.15, 0.2) is 35.6 Å². The fraction of sp³-hybridized carbons (Fsp3) is 0.440. The van der Waals surface area contributed by atoms with Gasteiger partial charge in [0, 0.05) is 0 Å². The first-order valence-electron chi connectivity index (χ1n) is 11.5.